The Morgan fingerprint density at radius 3 is 2.77 bits per heavy atom. The summed E-state index contributed by atoms with van der Waals surface area (Å²) in [6.07, 6.45) is 4.70. The summed E-state index contributed by atoms with van der Waals surface area (Å²) in [4.78, 5) is 14.0. The van der Waals surface area contributed by atoms with Crippen molar-refractivity contribution >= 4 is 5.91 Å². The number of rotatable bonds is 2. The van der Waals surface area contributed by atoms with Crippen molar-refractivity contribution < 1.29 is 4.79 Å². The van der Waals surface area contributed by atoms with Gasteiger partial charge in [-0.05, 0) is 31.6 Å². The van der Waals surface area contributed by atoms with Gasteiger partial charge < -0.3 is 4.90 Å². The third kappa shape index (κ3) is 1.59. The fourth-order valence-corrected chi connectivity index (χ4v) is 2.43. The molecule has 0 aromatic heterocycles. The Morgan fingerprint density at radius 2 is 2.23 bits per heavy atom. The number of nitrogens with zero attached hydrogens (tertiary/aromatic N) is 1. The molecule has 0 aromatic rings. The third-order valence-electron chi connectivity index (χ3n) is 3.56. The molecule has 2 rings (SSSR count). The van der Waals surface area contributed by atoms with Crippen molar-refractivity contribution in [2.75, 3.05) is 6.54 Å². The minimum Gasteiger partial charge on any atom is -0.339 e. The number of hydrogen-bond donors (Lipinski definition) is 0. The Balaban J connectivity index is 1.95. The molecule has 0 bridgehead atoms. The lowest BCUT2D eigenvalue weighted by Gasteiger charge is -2.23. The van der Waals surface area contributed by atoms with E-state index >= 15 is 0 Å². The van der Waals surface area contributed by atoms with Crippen molar-refractivity contribution in [1.29, 1.82) is 0 Å². The Morgan fingerprint density at radius 1 is 1.54 bits per heavy atom. The lowest BCUT2D eigenvalue weighted by Crippen LogP contribution is -2.36. The highest BCUT2D eigenvalue weighted by molar-refractivity contribution is 5.82. The average Bonchev–Trinajstić information content (AvgIpc) is 2.70. The second kappa shape index (κ2) is 3.32. The topological polar surface area (TPSA) is 20.3 Å². The van der Waals surface area contributed by atoms with Gasteiger partial charge in [0.15, 0.2) is 0 Å². The van der Waals surface area contributed by atoms with Gasteiger partial charge in [0, 0.05) is 18.5 Å². The molecule has 0 aromatic carbocycles. The minimum atomic E-state index is 0.382. The first-order valence-corrected chi connectivity index (χ1v) is 5.54. The van der Waals surface area contributed by atoms with Crippen LogP contribution in [0.4, 0.5) is 0 Å². The molecule has 3 atom stereocenters. The molecular weight excluding hydrogens is 162 g/mol. The van der Waals surface area contributed by atoms with Crippen molar-refractivity contribution in [3.05, 3.63) is 0 Å². The summed E-state index contributed by atoms with van der Waals surface area (Å²) in [6.45, 7) is 5.38. The van der Waals surface area contributed by atoms with Gasteiger partial charge in [-0.1, -0.05) is 13.8 Å². The van der Waals surface area contributed by atoms with E-state index in [1.54, 1.807) is 0 Å². The first-order chi connectivity index (χ1) is 6.24. The van der Waals surface area contributed by atoms with Crippen LogP contribution in [0.25, 0.3) is 0 Å². The van der Waals surface area contributed by atoms with Crippen LogP contribution < -0.4 is 0 Å². The second-order valence-electron chi connectivity index (χ2n) is 4.56. The van der Waals surface area contributed by atoms with Crippen LogP contribution in [0, 0.1) is 11.8 Å². The van der Waals surface area contributed by atoms with E-state index in [9.17, 15) is 4.79 Å². The van der Waals surface area contributed by atoms with Crippen molar-refractivity contribution in [3.63, 3.8) is 0 Å². The smallest absolute Gasteiger partial charge is 0.226 e. The molecule has 0 spiro atoms. The van der Waals surface area contributed by atoms with E-state index < -0.39 is 0 Å². The second-order valence-corrected chi connectivity index (χ2v) is 4.56. The molecule has 1 amide bonds. The lowest BCUT2D eigenvalue weighted by atomic mass is 10.1. The van der Waals surface area contributed by atoms with E-state index in [1.165, 1.54) is 12.8 Å². The number of amides is 1. The maximum atomic E-state index is 11.9. The molecular formula is C11H19NO. The summed E-state index contributed by atoms with van der Waals surface area (Å²) in [6, 6.07) is 0.556. The molecule has 1 saturated heterocycles. The zero-order chi connectivity index (χ0) is 9.42. The number of likely N-dealkylation sites (tertiary alicyclic amines) is 1. The SMILES string of the molecule is CCC1CCCN1C(=O)[C@H]1C[C@@H]1C. The molecule has 1 aliphatic carbocycles. The molecule has 2 aliphatic rings. The van der Waals surface area contributed by atoms with Crippen molar-refractivity contribution in [1.82, 2.24) is 4.90 Å². The van der Waals surface area contributed by atoms with Crippen LogP contribution >= 0.6 is 0 Å². The summed E-state index contributed by atoms with van der Waals surface area (Å²) in [7, 11) is 0. The van der Waals surface area contributed by atoms with Crippen LogP contribution in [0.1, 0.15) is 39.5 Å². The van der Waals surface area contributed by atoms with E-state index in [4.69, 9.17) is 0 Å². The predicted molar refractivity (Wildman–Crippen MR) is 52.3 cm³/mol. The molecule has 13 heavy (non-hydrogen) atoms. The third-order valence-corrected chi connectivity index (χ3v) is 3.56. The molecule has 1 heterocycles. The molecule has 1 saturated carbocycles. The quantitative estimate of drug-likeness (QED) is 0.638. The normalized spacial score (nSPS) is 38.0. The molecule has 1 unspecified atom stereocenters. The Labute approximate surface area is 80.3 Å². The van der Waals surface area contributed by atoms with Crippen molar-refractivity contribution in [2.45, 2.75) is 45.6 Å². The Bertz CT molecular complexity index is 214. The van der Waals surface area contributed by atoms with Gasteiger partial charge in [0.25, 0.3) is 0 Å². The summed E-state index contributed by atoms with van der Waals surface area (Å²) in [5.74, 6) is 1.48. The molecule has 2 fully saturated rings. The van der Waals surface area contributed by atoms with Gasteiger partial charge in [-0.25, -0.2) is 0 Å². The minimum absolute atomic E-state index is 0.382. The highest BCUT2D eigenvalue weighted by Crippen LogP contribution is 2.40. The molecule has 0 radical (unpaired) electrons. The first kappa shape index (κ1) is 9.04. The van der Waals surface area contributed by atoms with Gasteiger partial charge in [0.05, 0.1) is 0 Å². The first-order valence-electron chi connectivity index (χ1n) is 5.54. The van der Waals surface area contributed by atoms with Gasteiger partial charge in [-0.2, -0.15) is 0 Å². The van der Waals surface area contributed by atoms with E-state index in [1.807, 2.05) is 0 Å². The van der Waals surface area contributed by atoms with E-state index in [0.717, 1.165) is 19.4 Å². The zero-order valence-corrected chi connectivity index (χ0v) is 8.62. The molecule has 2 nitrogen and oxygen atoms in total. The molecule has 2 heteroatoms. The van der Waals surface area contributed by atoms with E-state index in [0.29, 0.717) is 23.8 Å². The molecule has 74 valence electrons. The van der Waals surface area contributed by atoms with Crippen LogP contribution in [-0.2, 0) is 4.79 Å². The number of hydrogen-bond acceptors (Lipinski definition) is 1. The van der Waals surface area contributed by atoms with Gasteiger partial charge in [0.1, 0.15) is 0 Å². The highest BCUT2D eigenvalue weighted by Gasteiger charge is 2.43. The van der Waals surface area contributed by atoms with Crippen molar-refractivity contribution in [3.8, 4) is 0 Å². The molecule has 1 aliphatic heterocycles. The van der Waals surface area contributed by atoms with Crippen LogP contribution in [0.3, 0.4) is 0 Å². The lowest BCUT2D eigenvalue weighted by molar-refractivity contribution is -0.133. The van der Waals surface area contributed by atoms with Crippen molar-refractivity contribution in [2.24, 2.45) is 11.8 Å². The largest absolute Gasteiger partial charge is 0.339 e. The van der Waals surface area contributed by atoms with Gasteiger partial charge in [-0.15, -0.1) is 0 Å². The highest BCUT2D eigenvalue weighted by atomic mass is 16.2. The van der Waals surface area contributed by atoms with Gasteiger partial charge in [0.2, 0.25) is 5.91 Å². The average molecular weight is 181 g/mol. The maximum Gasteiger partial charge on any atom is 0.226 e. The Kier molecular flexibility index (Phi) is 2.31. The van der Waals surface area contributed by atoms with Crippen LogP contribution in [0.5, 0.6) is 0 Å². The standard InChI is InChI=1S/C11H19NO/c1-3-9-5-4-6-12(9)11(13)10-7-8(10)2/h8-10H,3-7H2,1-2H3/t8-,9?,10-/m0/s1. The van der Waals surface area contributed by atoms with Crippen LogP contribution in [-0.4, -0.2) is 23.4 Å². The fourth-order valence-electron chi connectivity index (χ4n) is 2.43. The summed E-state index contributed by atoms with van der Waals surface area (Å²) >= 11 is 0. The summed E-state index contributed by atoms with van der Waals surface area (Å²) < 4.78 is 0. The summed E-state index contributed by atoms with van der Waals surface area (Å²) in [5.41, 5.74) is 0. The maximum absolute atomic E-state index is 11.9. The van der Waals surface area contributed by atoms with Crippen LogP contribution in [0.15, 0.2) is 0 Å². The number of carbonyl (C=O) groups excluding carboxylic acids is 1. The fraction of sp³-hybridized carbons (Fsp3) is 0.909. The predicted octanol–water partition coefficient (Wildman–Crippen LogP) is 2.04. The van der Waals surface area contributed by atoms with Gasteiger partial charge in [-0.3, -0.25) is 4.79 Å². The van der Waals surface area contributed by atoms with Gasteiger partial charge >= 0.3 is 0 Å². The van der Waals surface area contributed by atoms with E-state index in [2.05, 4.69) is 18.7 Å². The number of carbonyl (C=O) groups is 1. The van der Waals surface area contributed by atoms with E-state index in [-0.39, 0.29) is 0 Å². The zero-order valence-electron chi connectivity index (χ0n) is 8.62. The molecule has 0 N–H and O–H groups in total. The summed E-state index contributed by atoms with van der Waals surface area (Å²) in [5, 5.41) is 0. The Hall–Kier alpha value is -0.530. The monoisotopic (exact) mass is 181 g/mol. The van der Waals surface area contributed by atoms with Crippen LogP contribution in [0.2, 0.25) is 0 Å².